The minimum absolute atomic E-state index is 0.0634. The Bertz CT molecular complexity index is 1200. The molecule has 2 aromatic rings. The summed E-state index contributed by atoms with van der Waals surface area (Å²) in [5.74, 6) is -1.64. The molecule has 0 fully saturated rings. The molecule has 0 spiro atoms. The lowest BCUT2D eigenvalue weighted by Gasteiger charge is -2.05. The molecule has 1 aliphatic rings. The van der Waals surface area contributed by atoms with Crippen molar-refractivity contribution in [2.75, 3.05) is 20.3 Å². The van der Waals surface area contributed by atoms with E-state index in [4.69, 9.17) is 9.47 Å². The molecule has 2 aromatic carbocycles. The summed E-state index contributed by atoms with van der Waals surface area (Å²) in [5, 5.41) is 10.8. The second-order valence-corrected chi connectivity index (χ2v) is 8.06. The number of hydrogen-bond acceptors (Lipinski definition) is 8. The highest BCUT2D eigenvalue weighted by Crippen LogP contribution is 2.39. The highest BCUT2D eigenvalue weighted by atomic mass is 32.2. The molecule has 0 aromatic heterocycles. The van der Waals surface area contributed by atoms with Crippen LogP contribution in [0, 0.1) is 6.92 Å². The van der Waals surface area contributed by atoms with E-state index >= 15 is 0 Å². The maximum atomic E-state index is 12.8. The van der Waals surface area contributed by atoms with Crippen LogP contribution in [-0.4, -0.2) is 48.3 Å². The van der Waals surface area contributed by atoms with Crippen LogP contribution in [0.3, 0.4) is 0 Å². The van der Waals surface area contributed by atoms with E-state index in [1.165, 1.54) is 7.11 Å². The van der Waals surface area contributed by atoms with Crippen LogP contribution in [0.5, 0.6) is 5.75 Å². The largest absolute Gasteiger partial charge is 0.506 e. The molecule has 0 saturated carbocycles. The van der Waals surface area contributed by atoms with Crippen LogP contribution in [0.25, 0.3) is 6.08 Å². The van der Waals surface area contributed by atoms with Gasteiger partial charge in [0.1, 0.15) is 22.1 Å². The Labute approximate surface area is 200 Å². The zero-order chi connectivity index (χ0) is 24.7. The van der Waals surface area contributed by atoms with Gasteiger partial charge in [0, 0.05) is 5.56 Å². The Morgan fingerprint density at radius 2 is 1.79 bits per heavy atom. The monoisotopic (exact) mass is 481 g/mol. The van der Waals surface area contributed by atoms with Crippen molar-refractivity contribution in [3.63, 3.8) is 0 Å². The van der Waals surface area contributed by atoms with Crippen molar-refractivity contribution < 1.29 is 33.7 Å². The Kier molecular flexibility index (Phi) is 8.26. The number of thioether (sulfide) groups is 1. The number of methoxy groups -OCH3 is 1. The molecule has 1 N–H and O–H groups in total. The van der Waals surface area contributed by atoms with Crippen molar-refractivity contribution in [3.8, 4) is 5.75 Å². The molecule has 1 aliphatic heterocycles. The van der Waals surface area contributed by atoms with Gasteiger partial charge in [0.05, 0.1) is 18.6 Å². The molecule has 3 rings (SSSR count). The number of carbonyl (C=O) groups is 3. The van der Waals surface area contributed by atoms with Crippen LogP contribution >= 0.6 is 11.8 Å². The number of carbonyl (C=O) groups excluding carboxylic acids is 3. The fraction of sp³-hybridized carbons (Fsp3) is 0.200. The SMILES string of the molecule is CCOC(=O)C1=C(O)/C(=C/c2ccc(OCC(=O)OC)cc2)SC1=NC(=O)c1ccccc1C. The summed E-state index contributed by atoms with van der Waals surface area (Å²) in [6.07, 6.45) is 1.64. The summed E-state index contributed by atoms with van der Waals surface area (Å²) in [7, 11) is 1.27. The van der Waals surface area contributed by atoms with E-state index in [2.05, 4.69) is 9.73 Å². The van der Waals surface area contributed by atoms with Crippen LogP contribution in [0.15, 0.2) is 69.8 Å². The van der Waals surface area contributed by atoms with Crippen molar-refractivity contribution in [2.24, 2.45) is 4.99 Å². The third-order valence-corrected chi connectivity index (χ3v) is 5.73. The standard InChI is InChI=1S/C25H23NO7S/c1-4-32-25(30)21-22(28)19(13-16-9-11-17(12-10-16)33-14-20(27)31-3)34-24(21)26-23(29)18-8-6-5-7-15(18)2/h5-13,28H,4,14H2,1-3H3/b19-13-,26-24?. The normalized spacial score (nSPS) is 15.5. The van der Waals surface area contributed by atoms with E-state index < -0.39 is 17.8 Å². The first-order chi connectivity index (χ1) is 16.3. The van der Waals surface area contributed by atoms with Gasteiger partial charge in [-0.15, -0.1) is 0 Å². The number of aryl methyl sites for hydroxylation is 1. The van der Waals surface area contributed by atoms with Gasteiger partial charge in [-0.05, 0) is 49.2 Å². The zero-order valence-corrected chi connectivity index (χ0v) is 19.7. The minimum atomic E-state index is -0.765. The number of aliphatic imine (C=N–C) groups is 1. The zero-order valence-electron chi connectivity index (χ0n) is 18.9. The number of hydrogen-bond donors (Lipinski definition) is 1. The number of rotatable bonds is 7. The van der Waals surface area contributed by atoms with Crippen molar-refractivity contribution in [1.29, 1.82) is 0 Å². The summed E-state index contributed by atoms with van der Waals surface area (Å²) in [4.78, 5) is 40.9. The first-order valence-electron chi connectivity index (χ1n) is 10.3. The number of aliphatic hydroxyl groups is 1. The molecular weight excluding hydrogens is 458 g/mol. The average molecular weight is 482 g/mol. The summed E-state index contributed by atoms with van der Waals surface area (Å²) in [5.41, 5.74) is 1.68. The molecule has 0 bridgehead atoms. The number of nitrogens with zero attached hydrogens (tertiary/aromatic N) is 1. The second-order valence-electron chi connectivity index (χ2n) is 7.03. The van der Waals surface area contributed by atoms with Crippen molar-refractivity contribution in [2.45, 2.75) is 13.8 Å². The number of benzene rings is 2. The van der Waals surface area contributed by atoms with E-state index in [0.29, 0.717) is 21.8 Å². The first kappa shape index (κ1) is 24.8. The Morgan fingerprint density at radius 3 is 2.44 bits per heavy atom. The van der Waals surface area contributed by atoms with Crippen molar-refractivity contribution >= 4 is 40.7 Å². The summed E-state index contributed by atoms with van der Waals surface area (Å²) >= 11 is 0.999. The van der Waals surface area contributed by atoms with Gasteiger partial charge in [-0.1, -0.05) is 42.1 Å². The van der Waals surface area contributed by atoms with Crippen LogP contribution in [0.1, 0.15) is 28.4 Å². The van der Waals surface area contributed by atoms with Gasteiger partial charge in [-0.2, -0.15) is 0 Å². The second kappa shape index (κ2) is 11.3. The number of ether oxygens (including phenoxy) is 3. The first-order valence-corrected chi connectivity index (χ1v) is 11.1. The smallest absolute Gasteiger partial charge is 0.344 e. The predicted molar refractivity (Wildman–Crippen MR) is 129 cm³/mol. The van der Waals surface area contributed by atoms with E-state index in [1.54, 1.807) is 62.4 Å². The summed E-state index contributed by atoms with van der Waals surface area (Å²) in [6, 6.07) is 13.7. The van der Waals surface area contributed by atoms with Gasteiger partial charge in [-0.3, -0.25) is 4.79 Å². The lowest BCUT2D eigenvalue weighted by molar-refractivity contribution is -0.143. The molecule has 1 amide bonds. The Balaban J connectivity index is 1.89. The molecule has 8 nitrogen and oxygen atoms in total. The van der Waals surface area contributed by atoms with E-state index in [0.717, 1.165) is 17.3 Å². The summed E-state index contributed by atoms with van der Waals surface area (Å²) < 4.78 is 14.9. The molecule has 0 unspecified atom stereocenters. The fourth-order valence-electron chi connectivity index (χ4n) is 2.97. The Morgan fingerprint density at radius 1 is 1.09 bits per heavy atom. The minimum Gasteiger partial charge on any atom is -0.506 e. The molecule has 0 radical (unpaired) electrons. The van der Waals surface area contributed by atoms with Gasteiger partial charge < -0.3 is 19.3 Å². The maximum absolute atomic E-state index is 12.8. The molecule has 176 valence electrons. The third kappa shape index (κ3) is 5.93. The quantitative estimate of drug-likeness (QED) is 0.585. The molecule has 0 saturated heterocycles. The Hall–Kier alpha value is -3.85. The van der Waals surface area contributed by atoms with E-state index in [-0.39, 0.29) is 29.6 Å². The molecule has 0 atom stereocenters. The van der Waals surface area contributed by atoms with Gasteiger partial charge in [-0.25, -0.2) is 14.6 Å². The maximum Gasteiger partial charge on any atom is 0.344 e. The molecular formula is C25H23NO7S. The summed E-state index contributed by atoms with van der Waals surface area (Å²) in [6.45, 7) is 3.32. The molecule has 1 heterocycles. The molecule has 9 heteroatoms. The van der Waals surface area contributed by atoms with Crippen molar-refractivity contribution in [1.82, 2.24) is 0 Å². The van der Waals surface area contributed by atoms with Crippen molar-refractivity contribution in [3.05, 3.63) is 81.5 Å². The molecule has 0 aliphatic carbocycles. The van der Waals surface area contributed by atoms with Gasteiger partial charge >= 0.3 is 11.9 Å². The van der Waals surface area contributed by atoms with Crippen LogP contribution in [0.2, 0.25) is 0 Å². The topological polar surface area (TPSA) is 111 Å². The molecule has 34 heavy (non-hydrogen) atoms. The number of esters is 2. The highest BCUT2D eigenvalue weighted by molar-refractivity contribution is 8.18. The van der Waals surface area contributed by atoms with Gasteiger partial charge in [0.25, 0.3) is 5.91 Å². The third-order valence-electron chi connectivity index (χ3n) is 4.71. The average Bonchev–Trinajstić information content (AvgIpc) is 3.13. The number of amides is 1. The highest BCUT2D eigenvalue weighted by Gasteiger charge is 2.34. The van der Waals surface area contributed by atoms with Gasteiger partial charge in [0.15, 0.2) is 6.61 Å². The number of aliphatic hydroxyl groups excluding tert-OH is 1. The van der Waals surface area contributed by atoms with E-state index in [9.17, 15) is 19.5 Å². The lowest BCUT2D eigenvalue weighted by atomic mass is 10.1. The fourth-order valence-corrected chi connectivity index (χ4v) is 3.98. The van der Waals surface area contributed by atoms with Crippen LogP contribution < -0.4 is 4.74 Å². The van der Waals surface area contributed by atoms with Gasteiger partial charge in [0.2, 0.25) is 0 Å². The van der Waals surface area contributed by atoms with Crippen LogP contribution in [0.4, 0.5) is 0 Å². The van der Waals surface area contributed by atoms with Crippen LogP contribution in [-0.2, 0) is 19.1 Å². The predicted octanol–water partition coefficient (Wildman–Crippen LogP) is 4.25. The lowest BCUT2D eigenvalue weighted by Crippen LogP contribution is -2.14. The van der Waals surface area contributed by atoms with E-state index in [1.807, 2.05) is 6.07 Å².